The zero-order chi connectivity index (χ0) is 15.2. The molecule has 1 aromatic rings. The van der Waals surface area contributed by atoms with Gasteiger partial charge in [0.1, 0.15) is 6.10 Å². The molecule has 0 saturated carbocycles. The van der Waals surface area contributed by atoms with E-state index >= 15 is 0 Å². The van der Waals surface area contributed by atoms with Crippen molar-refractivity contribution in [3.8, 4) is 17.2 Å². The van der Waals surface area contributed by atoms with E-state index in [4.69, 9.17) is 14.2 Å². The van der Waals surface area contributed by atoms with Crippen molar-refractivity contribution < 1.29 is 19.0 Å². The van der Waals surface area contributed by atoms with Gasteiger partial charge in [0, 0.05) is 11.1 Å². The normalized spacial score (nSPS) is 16.0. The van der Waals surface area contributed by atoms with E-state index in [0.29, 0.717) is 22.8 Å². The Labute approximate surface area is 125 Å². The topological polar surface area (TPSA) is 44.8 Å². The summed E-state index contributed by atoms with van der Waals surface area (Å²) in [6.07, 6.45) is 9.23. The van der Waals surface area contributed by atoms with E-state index in [0.717, 1.165) is 24.7 Å². The number of rotatable bonds is 7. The van der Waals surface area contributed by atoms with Gasteiger partial charge in [0.15, 0.2) is 17.8 Å². The first-order chi connectivity index (χ1) is 10.2. The van der Waals surface area contributed by atoms with Crippen molar-refractivity contribution in [3.63, 3.8) is 0 Å². The van der Waals surface area contributed by atoms with Crippen LogP contribution in [-0.2, 0) is 0 Å². The van der Waals surface area contributed by atoms with Gasteiger partial charge in [0.2, 0.25) is 5.75 Å². The van der Waals surface area contributed by atoms with Crippen molar-refractivity contribution in [2.45, 2.75) is 38.7 Å². The zero-order valence-corrected chi connectivity index (χ0v) is 12.8. The maximum atomic E-state index is 11.3. The minimum atomic E-state index is 0.0181. The molecule has 114 valence electrons. The van der Waals surface area contributed by atoms with Gasteiger partial charge < -0.3 is 14.2 Å². The van der Waals surface area contributed by atoms with Crippen molar-refractivity contribution in [1.82, 2.24) is 0 Å². The molecular formula is C17H22O4. The second-order valence-corrected chi connectivity index (χ2v) is 5.07. The maximum Gasteiger partial charge on any atom is 0.203 e. The van der Waals surface area contributed by atoms with E-state index in [9.17, 15) is 4.79 Å². The number of hydrogen-bond acceptors (Lipinski definition) is 4. The molecule has 4 heteroatoms. The first-order valence-electron chi connectivity index (χ1n) is 7.34. The fourth-order valence-electron chi connectivity index (χ4n) is 2.53. The van der Waals surface area contributed by atoms with Gasteiger partial charge in [-0.25, -0.2) is 0 Å². The van der Waals surface area contributed by atoms with Crippen LogP contribution in [0.15, 0.2) is 12.1 Å². The van der Waals surface area contributed by atoms with Crippen LogP contribution in [0.3, 0.4) is 0 Å². The van der Waals surface area contributed by atoms with Gasteiger partial charge in [-0.1, -0.05) is 25.8 Å². The second kappa shape index (κ2) is 7.16. The molecule has 1 unspecified atom stereocenters. The molecule has 0 spiro atoms. The summed E-state index contributed by atoms with van der Waals surface area (Å²) in [6.45, 7) is 2.18. The number of hydrogen-bond donors (Lipinski definition) is 0. The summed E-state index contributed by atoms with van der Waals surface area (Å²) in [6, 6.07) is 1.68. The molecule has 1 aliphatic rings. The van der Waals surface area contributed by atoms with E-state index in [1.54, 1.807) is 20.3 Å². The minimum absolute atomic E-state index is 0.0181. The third-order valence-corrected chi connectivity index (χ3v) is 3.66. The van der Waals surface area contributed by atoms with Gasteiger partial charge in [0.05, 0.1) is 14.2 Å². The van der Waals surface area contributed by atoms with Crippen molar-refractivity contribution in [2.75, 3.05) is 14.2 Å². The van der Waals surface area contributed by atoms with Gasteiger partial charge >= 0.3 is 0 Å². The fraction of sp³-hybridized carbons (Fsp3) is 0.471. The van der Waals surface area contributed by atoms with Gasteiger partial charge in [-0.2, -0.15) is 0 Å². The molecule has 0 aromatic heterocycles. The Hall–Kier alpha value is -1.97. The highest BCUT2D eigenvalue weighted by molar-refractivity contribution is 5.87. The standard InChI is InChI=1S/C17H22O4/c1-4-5-6-7-13-8-9-14-12(11-18)10-15(19-2)17(20-3)16(14)21-13/h8-11,13H,4-7H2,1-3H3. The van der Waals surface area contributed by atoms with Gasteiger partial charge in [-0.05, 0) is 25.0 Å². The number of aldehydes is 1. The van der Waals surface area contributed by atoms with Gasteiger partial charge in [-0.15, -0.1) is 0 Å². The molecule has 2 rings (SSSR count). The predicted octanol–water partition coefficient (Wildman–Crippen LogP) is 3.87. The lowest BCUT2D eigenvalue weighted by Gasteiger charge is -2.25. The summed E-state index contributed by atoms with van der Waals surface area (Å²) >= 11 is 0. The lowest BCUT2D eigenvalue weighted by atomic mass is 10.0. The molecule has 0 N–H and O–H groups in total. The molecule has 1 aliphatic heterocycles. The van der Waals surface area contributed by atoms with E-state index in [-0.39, 0.29) is 6.10 Å². The van der Waals surface area contributed by atoms with Crippen LogP contribution >= 0.6 is 0 Å². The van der Waals surface area contributed by atoms with Crippen LogP contribution in [-0.4, -0.2) is 26.6 Å². The van der Waals surface area contributed by atoms with Crippen LogP contribution in [0.25, 0.3) is 6.08 Å². The number of unbranched alkanes of at least 4 members (excludes halogenated alkanes) is 2. The summed E-state index contributed by atoms with van der Waals surface area (Å²) in [5.74, 6) is 1.66. The molecule has 21 heavy (non-hydrogen) atoms. The molecule has 0 radical (unpaired) electrons. The molecule has 1 atom stereocenters. The minimum Gasteiger partial charge on any atom is -0.493 e. The molecule has 0 bridgehead atoms. The summed E-state index contributed by atoms with van der Waals surface area (Å²) < 4.78 is 16.7. The molecular weight excluding hydrogens is 268 g/mol. The number of benzene rings is 1. The molecule has 1 heterocycles. The highest BCUT2D eigenvalue weighted by Gasteiger charge is 2.24. The van der Waals surface area contributed by atoms with E-state index in [1.807, 2.05) is 12.2 Å². The highest BCUT2D eigenvalue weighted by Crippen LogP contribution is 2.44. The molecule has 0 fully saturated rings. The summed E-state index contributed by atoms with van der Waals surface area (Å²) in [5.41, 5.74) is 1.31. The lowest BCUT2D eigenvalue weighted by Crippen LogP contribution is -2.18. The Morgan fingerprint density at radius 1 is 1.29 bits per heavy atom. The molecule has 4 nitrogen and oxygen atoms in total. The van der Waals surface area contributed by atoms with Crippen molar-refractivity contribution >= 4 is 12.4 Å². The highest BCUT2D eigenvalue weighted by atomic mass is 16.5. The van der Waals surface area contributed by atoms with Gasteiger partial charge in [-0.3, -0.25) is 4.79 Å². The van der Waals surface area contributed by atoms with E-state index < -0.39 is 0 Å². The van der Waals surface area contributed by atoms with Crippen LogP contribution in [0.2, 0.25) is 0 Å². The Balaban J connectivity index is 2.33. The van der Waals surface area contributed by atoms with E-state index in [2.05, 4.69) is 6.92 Å². The number of methoxy groups -OCH3 is 2. The first kappa shape index (κ1) is 15.4. The average Bonchev–Trinajstić information content (AvgIpc) is 2.53. The smallest absolute Gasteiger partial charge is 0.203 e. The van der Waals surface area contributed by atoms with Crippen LogP contribution in [0.4, 0.5) is 0 Å². The average molecular weight is 290 g/mol. The van der Waals surface area contributed by atoms with Crippen LogP contribution < -0.4 is 14.2 Å². The number of ether oxygens (including phenoxy) is 3. The predicted molar refractivity (Wildman–Crippen MR) is 82.5 cm³/mol. The number of carbonyl (C=O) groups is 1. The lowest BCUT2D eigenvalue weighted by molar-refractivity contribution is 0.112. The number of carbonyl (C=O) groups excluding carboxylic acids is 1. The second-order valence-electron chi connectivity index (χ2n) is 5.07. The summed E-state index contributed by atoms with van der Waals surface area (Å²) in [5, 5.41) is 0. The molecule has 0 saturated heterocycles. The summed E-state index contributed by atoms with van der Waals surface area (Å²) in [4.78, 5) is 11.3. The van der Waals surface area contributed by atoms with Crippen molar-refractivity contribution in [1.29, 1.82) is 0 Å². The Morgan fingerprint density at radius 2 is 2.10 bits per heavy atom. The Bertz CT molecular complexity index is 534. The molecule has 0 aliphatic carbocycles. The third kappa shape index (κ3) is 3.20. The fourth-order valence-corrected chi connectivity index (χ4v) is 2.53. The van der Waals surface area contributed by atoms with Crippen LogP contribution in [0.5, 0.6) is 17.2 Å². The van der Waals surface area contributed by atoms with Crippen molar-refractivity contribution in [2.24, 2.45) is 0 Å². The zero-order valence-electron chi connectivity index (χ0n) is 12.8. The summed E-state index contributed by atoms with van der Waals surface area (Å²) in [7, 11) is 3.13. The maximum absolute atomic E-state index is 11.3. The monoisotopic (exact) mass is 290 g/mol. The van der Waals surface area contributed by atoms with Crippen LogP contribution in [0.1, 0.15) is 48.5 Å². The quantitative estimate of drug-likeness (QED) is 0.565. The SMILES string of the molecule is CCCCCC1C=Cc2c(C=O)cc(OC)c(OC)c2O1. The Kier molecular flexibility index (Phi) is 5.26. The first-order valence-corrected chi connectivity index (χ1v) is 7.34. The van der Waals surface area contributed by atoms with Crippen molar-refractivity contribution in [3.05, 3.63) is 23.3 Å². The Morgan fingerprint density at radius 3 is 2.71 bits per heavy atom. The van der Waals surface area contributed by atoms with Gasteiger partial charge in [0.25, 0.3) is 0 Å². The van der Waals surface area contributed by atoms with E-state index in [1.165, 1.54) is 12.8 Å². The third-order valence-electron chi connectivity index (χ3n) is 3.66. The largest absolute Gasteiger partial charge is 0.493 e. The van der Waals surface area contributed by atoms with Crippen LogP contribution in [0, 0.1) is 0 Å². The molecule has 0 amide bonds. The molecule has 1 aromatic carbocycles. The number of fused-ring (bicyclic) bond motifs is 1.